The minimum atomic E-state index is -0.403. The maximum atomic E-state index is 15.6. The monoisotopic (exact) mass is 678 g/mol. The lowest BCUT2D eigenvalue weighted by Crippen LogP contribution is -2.56. The van der Waals surface area contributed by atoms with Gasteiger partial charge in [0.2, 0.25) is 0 Å². The number of aromatic amines is 1. The van der Waals surface area contributed by atoms with Crippen molar-refractivity contribution in [2.45, 2.75) is 57.0 Å². The van der Waals surface area contributed by atoms with E-state index in [9.17, 15) is 0 Å². The Bertz CT molecular complexity index is 2220. The van der Waals surface area contributed by atoms with Gasteiger partial charge in [-0.25, -0.2) is 4.39 Å². The van der Waals surface area contributed by atoms with Crippen LogP contribution in [0, 0.1) is 30.5 Å². The van der Waals surface area contributed by atoms with Crippen LogP contribution in [0.3, 0.4) is 0 Å². The summed E-state index contributed by atoms with van der Waals surface area (Å²) in [6.07, 6.45) is 10.0. The van der Waals surface area contributed by atoms with Crippen molar-refractivity contribution in [2.24, 2.45) is 5.41 Å². The SMILES string of the molecule is C#Cc1ccc(COc2c(-c3c(C)c(F)cc4[nH]ncc34)c(Cl)c3c4c(nc(OC5CC6(COC6)C5)nc24)N2C4CNC(C4)C2CO3)cc1. The van der Waals surface area contributed by atoms with E-state index in [0.717, 1.165) is 50.1 Å². The minimum absolute atomic E-state index is 0.0237. The van der Waals surface area contributed by atoms with Gasteiger partial charge in [-0.05, 0) is 55.5 Å². The number of benzene rings is 3. The third kappa shape index (κ3) is 4.37. The van der Waals surface area contributed by atoms with Gasteiger partial charge in [-0.2, -0.15) is 15.1 Å². The average Bonchev–Trinajstić information content (AvgIpc) is 3.79. The summed E-state index contributed by atoms with van der Waals surface area (Å²) in [4.78, 5) is 12.5. The van der Waals surface area contributed by atoms with Crippen molar-refractivity contribution >= 4 is 39.2 Å². The molecule has 4 aliphatic heterocycles. The molecule has 0 radical (unpaired) electrons. The van der Waals surface area contributed by atoms with Crippen LogP contribution < -0.4 is 24.4 Å². The molecule has 1 aliphatic carbocycles. The van der Waals surface area contributed by atoms with Gasteiger partial charge in [0, 0.05) is 46.1 Å². The van der Waals surface area contributed by atoms with Crippen LogP contribution >= 0.6 is 11.6 Å². The maximum absolute atomic E-state index is 15.6. The van der Waals surface area contributed by atoms with Crippen LogP contribution in [0.1, 0.15) is 36.0 Å². The molecule has 3 saturated heterocycles. The number of hydrogen-bond acceptors (Lipinski definition) is 9. The number of anilines is 1. The fourth-order valence-electron chi connectivity index (χ4n) is 8.50. The van der Waals surface area contributed by atoms with Crippen molar-refractivity contribution in [3.05, 3.63) is 64.1 Å². The summed E-state index contributed by atoms with van der Waals surface area (Å²) in [5, 5.41) is 12.4. The zero-order chi connectivity index (χ0) is 33.0. The van der Waals surface area contributed by atoms with E-state index in [1.165, 1.54) is 6.07 Å². The molecule has 3 atom stereocenters. The summed E-state index contributed by atoms with van der Waals surface area (Å²) in [6, 6.07) is 9.81. The second-order valence-electron chi connectivity index (χ2n) is 14.1. The van der Waals surface area contributed by atoms with E-state index in [1.54, 1.807) is 13.1 Å². The Balaban J connectivity index is 1.22. The van der Waals surface area contributed by atoms with Crippen molar-refractivity contribution in [3.8, 4) is 41.0 Å². The van der Waals surface area contributed by atoms with Gasteiger partial charge in [-0.15, -0.1) is 6.42 Å². The number of piperazine rings is 1. The van der Waals surface area contributed by atoms with E-state index in [1.807, 2.05) is 24.3 Å². The Labute approximate surface area is 286 Å². The number of rotatable bonds is 6. The van der Waals surface area contributed by atoms with Crippen LogP contribution in [-0.2, 0) is 11.3 Å². The average molecular weight is 679 g/mol. The predicted molar refractivity (Wildman–Crippen MR) is 182 cm³/mol. The summed E-state index contributed by atoms with van der Waals surface area (Å²) in [6.45, 7) is 4.67. The Morgan fingerprint density at radius 3 is 2.80 bits per heavy atom. The first-order chi connectivity index (χ1) is 23.9. The summed E-state index contributed by atoms with van der Waals surface area (Å²) in [7, 11) is 0. The molecule has 248 valence electrons. The Morgan fingerprint density at radius 2 is 2.02 bits per heavy atom. The molecular weight excluding hydrogens is 647 g/mol. The van der Waals surface area contributed by atoms with E-state index in [0.29, 0.717) is 67.4 Å². The number of fused-ring (bicyclic) bond motifs is 7. The van der Waals surface area contributed by atoms with E-state index in [2.05, 4.69) is 26.3 Å². The number of aromatic nitrogens is 4. The number of H-pyrrole nitrogens is 1. The van der Waals surface area contributed by atoms with Crippen LogP contribution in [0.2, 0.25) is 5.02 Å². The lowest BCUT2D eigenvalue weighted by molar-refractivity contribution is -0.192. The highest BCUT2D eigenvalue weighted by atomic mass is 35.5. The maximum Gasteiger partial charge on any atom is 0.319 e. The summed E-state index contributed by atoms with van der Waals surface area (Å²) < 4.78 is 41.1. The lowest BCUT2D eigenvalue weighted by atomic mass is 9.65. The lowest BCUT2D eigenvalue weighted by Gasteiger charge is -2.52. The smallest absolute Gasteiger partial charge is 0.319 e. The Hall–Kier alpha value is -4.63. The summed E-state index contributed by atoms with van der Waals surface area (Å²) >= 11 is 7.46. The molecule has 10 rings (SSSR count). The third-order valence-corrected chi connectivity index (χ3v) is 11.4. The van der Waals surface area contributed by atoms with Gasteiger partial charge in [0.25, 0.3) is 0 Å². The van der Waals surface area contributed by atoms with Crippen molar-refractivity contribution < 1.29 is 23.3 Å². The van der Waals surface area contributed by atoms with Gasteiger partial charge < -0.3 is 29.2 Å². The van der Waals surface area contributed by atoms with Crippen LogP contribution in [0.5, 0.6) is 17.5 Å². The molecule has 0 amide bonds. The molecule has 5 aromatic rings. The van der Waals surface area contributed by atoms with Gasteiger partial charge in [0.15, 0.2) is 11.5 Å². The van der Waals surface area contributed by atoms with Crippen LogP contribution in [0.15, 0.2) is 36.5 Å². The molecule has 2 aromatic heterocycles. The molecule has 2 bridgehead atoms. The first-order valence-corrected chi connectivity index (χ1v) is 17.0. The summed E-state index contributed by atoms with van der Waals surface area (Å²) in [5.74, 6) is 3.80. The first kappa shape index (κ1) is 29.3. The standard InChI is InChI=1S/C37H32ClFN6O4/c1-3-19-4-6-20(7-5-19)14-47-34-29(28-18(2)24(39)9-25-23(28)13-41-44-25)31(38)33-30-32(34)42-36(49-22-10-37(11-22)16-46-17-37)43-35(30)45-21-8-26(40-12-21)27(45)15-48-33/h1,4-7,9,13,21-22,26-27,40H,8,10-12,14-17H2,2H3,(H,41,44). The number of ether oxygens (including phenoxy) is 4. The van der Waals surface area contributed by atoms with Crippen molar-refractivity contribution in [2.75, 3.05) is 31.3 Å². The molecule has 5 aliphatic rings. The highest BCUT2D eigenvalue weighted by Gasteiger charge is 2.52. The van der Waals surface area contributed by atoms with Crippen molar-refractivity contribution in [1.29, 1.82) is 0 Å². The molecule has 12 heteroatoms. The van der Waals surface area contributed by atoms with Crippen molar-refractivity contribution in [1.82, 2.24) is 25.5 Å². The number of hydrogen-bond donors (Lipinski definition) is 2. The molecule has 10 nitrogen and oxygen atoms in total. The van der Waals surface area contributed by atoms with Crippen LogP contribution in [0.4, 0.5) is 10.2 Å². The molecular formula is C37H32ClFN6O4. The molecule has 49 heavy (non-hydrogen) atoms. The molecule has 3 unspecified atom stereocenters. The topological polar surface area (TPSA) is 107 Å². The van der Waals surface area contributed by atoms with E-state index in [-0.39, 0.29) is 42.3 Å². The Morgan fingerprint density at radius 1 is 1.18 bits per heavy atom. The fourth-order valence-corrected chi connectivity index (χ4v) is 8.83. The Kier molecular flexibility index (Phi) is 6.39. The normalized spacial score (nSPS) is 23.1. The predicted octanol–water partition coefficient (Wildman–Crippen LogP) is 5.70. The molecule has 1 saturated carbocycles. The van der Waals surface area contributed by atoms with E-state index >= 15 is 4.39 Å². The molecule has 6 heterocycles. The molecule has 1 spiro atoms. The zero-order valence-corrected chi connectivity index (χ0v) is 27.4. The highest BCUT2D eigenvalue weighted by Crippen LogP contribution is 2.56. The fraction of sp³-hybridized carbons (Fsp3) is 0.378. The number of terminal acetylenes is 1. The van der Waals surface area contributed by atoms with E-state index in [4.69, 9.17) is 46.9 Å². The first-order valence-electron chi connectivity index (χ1n) is 16.7. The molecule has 4 fully saturated rings. The van der Waals surface area contributed by atoms with Crippen LogP contribution in [0.25, 0.3) is 32.9 Å². The number of nitrogens with zero attached hydrogens (tertiary/aromatic N) is 4. The zero-order valence-electron chi connectivity index (χ0n) is 26.7. The quantitative estimate of drug-likeness (QED) is 0.219. The van der Waals surface area contributed by atoms with Crippen molar-refractivity contribution in [3.63, 3.8) is 0 Å². The largest absolute Gasteiger partial charge is 0.489 e. The molecule has 3 aromatic carbocycles. The van der Waals surface area contributed by atoms with Gasteiger partial charge >= 0.3 is 6.01 Å². The van der Waals surface area contributed by atoms with Crippen LogP contribution in [-0.4, -0.2) is 70.8 Å². The second-order valence-corrected chi connectivity index (χ2v) is 14.4. The molecule has 2 N–H and O–H groups in total. The van der Waals surface area contributed by atoms with Gasteiger partial charge in [-0.1, -0.05) is 29.7 Å². The van der Waals surface area contributed by atoms with Gasteiger partial charge in [-0.3, -0.25) is 5.10 Å². The third-order valence-electron chi connectivity index (χ3n) is 11.1. The minimum Gasteiger partial charge on any atom is -0.489 e. The number of nitrogens with one attached hydrogen (secondary N) is 2. The number of halogens is 2. The summed E-state index contributed by atoms with van der Waals surface area (Å²) in [5.41, 5.74) is 4.31. The van der Waals surface area contributed by atoms with Gasteiger partial charge in [0.1, 0.15) is 36.5 Å². The second kappa shape index (κ2) is 10.7. The van der Waals surface area contributed by atoms with E-state index < -0.39 is 5.82 Å². The van der Waals surface area contributed by atoms with Gasteiger partial charge in [0.05, 0.1) is 41.4 Å². The highest BCUT2D eigenvalue weighted by molar-refractivity contribution is 6.38.